The molecule has 0 aliphatic heterocycles. The maximum atomic E-state index is 4.57. The highest BCUT2D eigenvalue weighted by Gasteiger charge is 2.10. The molecule has 0 saturated heterocycles. The summed E-state index contributed by atoms with van der Waals surface area (Å²) in [5.41, 5.74) is 2.29. The van der Waals surface area contributed by atoms with E-state index in [1.54, 1.807) is 11.8 Å². The standard InChI is InChI=1S/C18H17BrN4S/c1-2-17-21-22-18(24-13-15-8-10-16(19)11-9-15)23(17)20-12-14-6-4-3-5-7-14/h3-12H,2,13H2,1H3/b20-12+. The van der Waals surface area contributed by atoms with Gasteiger partial charge >= 0.3 is 0 Å². The molecule has 0 radical (unpaired) electrons. The van der Waals surface area contributed by atoms with E-state index < -0.39 is 0 Å². The van der Waals surface area contributed by atoms with Gasteiger partial charge in [-0.3, -0.25) is 0 Å². The van der Waals surface area contributed by atoms with Gasteiger partial charge in [0.05, 0.1) is 6.21 Å². The lowest BCUT2D eigenvalue weighted by Gasteiger charge is -2.04. The third-order valence-corrected chi connectivity index (χ3v) is 4.92. The van der Waals surface area contributed by atoms with Gasteiger partial charge in [-0.15, -0.1) is 10.2 Å². The molecular formula is C18H17BrN4S. The van der Waals surface area contributed by atoms with Crippen LogP contribution in [0.1, 0.15) is 23.9 Å². The summed E-state index contributed by atoms with van der Waals surface area (Å²) in [5, 5.41) is 13.9. The molecule has 0 N–H and O–H groups in total. The highest BCUT2D eigenvalue weighted by molar-refractivity contribution is 9.10. The number of hydrogen-bond donors (Lipinski definition) is 0. The second-order valence-electron chi connectivity index (χ2n) is 5.13. The third-order valence-electron chi connectivity index (χ3n) is 3.40. The van der Waals surface area contributed by atoms with E-state index in [1.807, 2.05) is 53.4 Å². The Balaban J connectivity index is 1.77. The Kier molecular flexibility index (Phi) is 5.82. The van der Waals surface area contributed by atoms with Gasteiger partial charge in [-0.05, 0) is 23.3 Å². The number of benzene rings is 2. The first-order valence-corrected chi connectivity index (χ1v) is 9.45. The fraction of sp³-hybridized carbons (Fsp3) is 0.167. The lowest BCUT2D eigenvalue weighted by molar-refractivity contribution is 0.722. The van der Waals surface area contributed by atoms with E-state index in [4.69, 9.17) is 0 Å². The molecule has 3 aromatic rings. The molecule has 1 heterocycles. The van der Waals surface area contributed by atoms with E-state index in [2.05, 4.69) is 50.3 Å². The van der Waals surface area contributed by atoms with E-state index >= 15 is 0 Å². The molecule has 2 aromatic carbocycles. The SMILES string of the molecule is CCc1nnc(SCc2ccc(Br)cc2)n1/N=C/c1ccccc1. The average molecular weight is 401 g/mol. The molecule has 0 bridgehead atoms. The van der Waals surface area contributed by atoms with Gasteiger partial charge in [-0.2, -0.15) is 9.78 Å². The van der Waals surface area contributed by atoms with Gasteiger partial charge in [0.1, 0.15) is 0 Å². The quantitative estimate of drug-likeness (QED) is 0.441. The van der Waals surface area contributed by atoms with Gasteiger partial charge in [-0.25, -0.2) is 0 Å². The topological polar surface area (TPSA) is 43.1 Å². The normalized spacial score (nSPS) is 11.2. The Bertz CT molecular complexity index is 813. The van der Waals surface area contributed by atoms with Crippen molar-refractivity contribution < 1.29 is 0 Å². The zero-order valence-corrected chi connectivity index (χ0v) is 15.7. The number of rotatable bonds is 6. The van der Waals surface area contributed by atoms with Crippen LogP contribution in [0.5, 0.6) is 0 Å². The van der Waals surface area contributed by atoms with Crippen LogP contribution < -0.4 is 0 Å². The van der Waals surface area contributed by atoms with Crippen LogP contribution >= 0.6 is 27.7 Å². The van der Waals surface area contributed by atoms with Crippen LogP contribution in [0.3, 0.4) is 0 Å². The summed E-state index contributed by atoms with van der Waals surface area (Å²) in [7, 11) is 0. The Morgan fingerprint density at radius 2 is 1.83 bits per heavy atom. The zero-order chi connectivity index (χ0) is 16.8. The van der Waals surface area contributed by atoms with Crippen molar-refractivity contribution >= 4 is 33.9 Å². The number of halogens is 1. The molecule has 0 atom stereocenters. The Hall–Kier alpha value is -1.92. The predicted molar refractivity (Wildman–Crippen MR) is 103 cm³/mol. The third kappa shape index (κ3) is 4.33. The minimum absolute atomic E-state index is 0.790. The summed E-state index contributed by atoms with van der Waals surface area (Å²) in [6.07, 6.45) is 2.63. The van der Waals surface area contributed by atoms with Gasteiger partial charge in [0.2, 0.25) is 5.16 Å². The van der Waals surface area contributed by atoms with E-state index in [0.29, 0.717) is 0 Å². The van der Waals surface area contributed by atoms with Crippen molar-refractivity contribution in [2.24, 2.45) is 5.10 Å². The smallest absolute Gasteiger partial charge is 0.191 e. The van der Waals surface area contributed by atoms with Gasteiger partial charge < -0.3 is 0 Å². The molecule has 0 spiro atoms. The molecule has 0 saturated carbocycles. The minimum atomic E-state index is 0.790. The van der Waals surface area contributed by atoms with Crippen molar-refractivity contribution in [2.75, 3.05) is 0 Å². The monoisotopic (exact) mass is 400 g/mol. The van der Waals surface area contributed by atoms with Crippen LogP contribution in [0.2, 0.25) is 0 Å². The van der Waals surface area contributed by atoms with Crippen LogP contribution in [-0.2, 0) is 12.2 Å². The summed E-state index contributed by atoms with van der Waals surface area (Å²) in [5.74, 6) is 1.69. The second kappa shape index (κ2) is 8.26. The van der Waals surface area contributed by atoms with Gasteiger partial charge in [0, 0.05) is 16.6 Å². The molecule has 4 nitrogen and oxygen atoms in total. The van der Waals surface area contributed by atoms with Crippen LogP contribution in [0.4, 0.5) is 0 Å². The first kappa shape index (κ1) is 16.9. The lowest BCUT2D eigenvalue weighted by atomic mass is 10.2. The molecule has 0 fully saturated rings. The predicted octanol–water partition coefficient (Wildman–Crippen LogP) is 4.78. The van der Waals surface area contributed by atoms with Crippen molar-refractivity contribution in [1.82, 2.24) is 14.9 Å². The fourth-order valence-electron chi connectivity index (χ4n) is 2.11. The maximum absolute atomic E-state index is 4.57. The molecule has 1 aromatic heterocycles. The average Bonchev–Trinajstić information content (AvgIpc) is 3.02. The molecule has 0 aliphatic carbocycles. The summed E-state index contributed by atoms with van der Waals surface area (Å²) in [6, 6.07) is 18.3. The van der Waals surface area contributed by atoms with Crippen LogP contribution in [-0.4, -0.2) is 21.1 Å². The lowest BCUT2D eigenvalue weighted by Crippen LogP contribution is -1.99. The molecule has 0 unspecified atom stereocenters. The van der Waals surface area contributed by atoms with Crippen LogP contribution in [0.25, 0.3) is 0 Å². The van der Waals surface area contributed by atoms with Gasteiger partial charge in [0.25, 0.3) is 0 Å². The first-order chi connectivity index (χ1) is 11.8. The van der Waals surface area contributed by atoms with Crippen molar-refractivity contribution in [1.29, 1.82) is 0 Å². The van der Waals surface area contributed by atoms with E-state index in [1.165, 1.54) is 5.56 Å². The summed E-state index contributed by atoms with van der Waals surface area (Å²) in [6.45, 7) is 2.06. The number of hydrogen-bond acceptors (Lipinski definition) is 4. The number of thioether (sulfide) groups is 1. The molecule has 24 heavy (non-hydrogen) atoms. The summed E-state index contributed by atoms with van der Waals surface area (Å²) in [4.78, 5) is 0. The number of aryl methyl sites for hydroxylation is 1. The maximum Gasteiger partial charge on any atom is 0.212 e. The molecule has 6 heteroatoms. The minimum Gasteiger partial charge on any atom is -0.191 e. The van der Waals surface area contributed by atoms with Crippen LogP contribution in [0, 0.1) is 0 Å². The van der Waals surface area contributed by atoms with Gasteiger partial charge in [-0.1, -0.05) is 77.1 Å². The Morgan fingerprint density at radius 1 is 1.08 bits per heavy atom. The number of nitrogens with zero attached hydrogens (tertiary/aromatic N) is 4. The van der Waals surface area contributed by atoms with Gasteiger partial charge in [0.15, 0.2) is 5.82 Å². The van der Waals surface area contributed by atoms with Crippen molar-refractivity contribution in [3.8, 4) is 0 Å². The molecule has 0 amide bonds. The molecule has 0 aliphatic rings. The molecule has 122 valence electrons. The zero-order valence-electron chi connectivity index (χ0n) is 13.3. The van der Waals surface area contributed by atoms with Crippen LogP contribution in [0.15, 0.2) is 69.3 Å². The molecule has 3 rings (SSSR count). The highest BCUT2D eigenvalue weighted by atomic mass is 79.9. The van der Waals surface area contributed by atoms with Crippen molar-refractivity contribution in [3.05, 3.63) is 76.0 Å². The largest absolute Gasteiger partial charge is 0.212 e. The second-order valence-corrected chi connectivity index (χ2v) is 6.99. The van der Waals surface area contributed by atoms with E-state index in [9.17, 15) is 0 Å². The number of aromatic nitrogens is 3. The first-order valence-electron chi connectivity index (χ1n) is 7.67. The van der Waals surface area contributed by atoms with Crippen molar-refractivity contribution in [2.45, 2.75) is 24.3 Å². The van der Waals surface area contributed by atoms with E-state index in [-0.39, 0.29) is 0 Å². The summed E-state index contributed by atoms with van der Waals surface area (Å²) < 4.78 is 2.91. The Morgan fingerprint density at radius 3 is 2.54 bits per heavy atom. The fourth-order valence-corrected chi connectivity index (χ4v) is 3.24. The highest BCUT2D eigenvalue weighted by Crippen LogP contribution is 2.23. The van der Waals surface area contributed by atoms with E-state index in [0.717, 1.165) is 33.2 Å². The Labute approximate surface area is 154 Å². The van der Waals surface area contributed by atoms with Crippen molar-refractivity contribution in [3.63, 3.8) is 0 Å². The molecular weight excluding hydrogens is 384 g/mol. The summed E-state index contributed by atoms with van der Waals surface area (Å²) >= 11 is 5.09.